The van der Waals surface area contributed by atoms with E-state index in [1.54, 1.807) is 0 Å². The molecule has 2 heteroatoms. The molecule has 108 valence electrons. The van der Waals surface area contributed by atoms with Gasteiger partial charge in [-0.15, -0.1) is 0 Å². The fraction of sp³-hybridized carbons (Fsp3) is 0.647. The Balaban J connectivity index is 2.19. The number of benzene rings is 1. The van der Waals surface area contributed by atoms with Gasteiger partial charge in [0, 0.05) is 6.04 Å². The largest absolute Gasteiger partial charge is 0.494 e. The maximum absolute atomic E-state index is 5.75. The third-order valence-electron chi connectivity index (χ3n) is 3.31. The van der Waals surface area contributed by atoms with Gasteiger partial charge >= 0.3 is 0 Å². The Hall–Kier alpha value is -1.02. The normalized spacial score (nSPS) is 12.4. The van der Waals surface area contributed by atoms with Crippen LogP contribution in [0.1, 0.15) is 57.9 Å². The minimum Gasteiger partial charge on any atom is -0.494 e. The molecule has 19 heavy (non-hydrogen) atoms. The van der Waals surface area contributed by atoms with Crippen LogP contribution in [-0.4, -0.2) is 12.6 Å². The molecule has 0 aliphatic rings. The Morgan fingerprint density at radius 2 is 1.79 bits per heavy atom. The van der Waals surface area contributed by atoms with Crippen LogP contribution in [0.15, 0.2) is 24.3 Å². The average molecular weight is 263 g/mol. The van der Waals surface area contributed by atoms with E-state index in [0.29, 0.717) is 6.04 Å². The third kappa shape index (κ3) is 7.89. The summed E-state index contributed by atoms with van der Waals surface area (Å²) in [6.07, 6.45) is 8.37. The topological polar surface area (TPSA) is 35.2 Å². The van der Waals surface area contributed by atoms with Gasteiger partial charge in [0.05, 0.1) is 6.61 Å². The molecular weight excluding hydrogens is 234 g/mol. The van der Waals surface area contributed by atoms with Gasteiger partial charge in [-0.2, -0.15) is 0 Å². The molecule has 0 amide bonds. The van der Waals surface area contributed by atoms with E-state index in [4.69, 9.17) is 10.5 Å². The molecule has 0 aromatic heterocycles. The zero-order valence-corrected chi connectivity index (χ0v) is 12.5. The van der Waals surface area contributed by atoms with Crippen molar-refractivity contribution >= 4 is 0 Å². The molecule has 1 aromatic carbocycles. The van der Waals surface area contributed by atoms with Crippen molar-refractivity contribution in [2.45, 2.75) is 64.8 Å². The molecule has 0 radical (unpaired) electrons. The van der Waals surface area contributed by atoms with Gasteiger partial charge < -0.3 is 10.5 Å². The quantitative estimate of drug-likeness (QED) is 0.638. The second-order valence-electron chi connectivity index (χ2n) is 5.42. The summed E-state index contributed by atoms with van der Waals surface area (Å²) in [5, 5.41) is 0. The number of aryl methyl sites for hydroxylation is 1. The van der Waals surface area contributed by atoms with Crippen LogP contribution in [0.25, 0.3) is 0 Å². The van der Waals surface area contributed by atoms with Crippen molar-refractivity contribution in [2.24, 2.45) is 5.73 Å². The highest BCUT2D eigenvalue weighted by Crippen LogP contribution is 2.15. The minimum atomic E-state index is 0.311. The Labute approximate surface area is 118 Å². The van der Waals surface area contributed by atoms with E-state index >= 15 is 0 Å². The molecule has 1 atom stereocenters. The summed E-state index contributed by atoms with van der Waals surface area (Å²) in [6, 6.07) is 8.82. The van der Waals surface area contributed by atoms with Gasteiger partial charge in [0.25, 0.3) is 0 Å². The van der Waals surface area contributed by atoms with Crippen molar-refractivity contribution in [1.29, 1.82) is 0 Å². The molecule has 0 heterocycles. The molecule has 1 unspecified atom stereocenters. The molecule has 0 aliphatic heterocycles. The predicted molar refractivity (Wildman–Crippen MR) is 82.7 cm³/mol. The lowest BCUT2D eigenvalue weighted by molar-refractivity contribution is 0.305. The summed E-state index contributed by atoms with van der Waals surface area (Å²) in [4.78, 5) is 0. The fourth-order valence-corrected chi connectivity index (χ4v) is 2.10. The first kappa shape index (κ1) is 16.0. The van der Waals surface area contributed by atoms with Gasteiger partial charge in [0.1, 0.15) is 5.75 Å². The van der Waals surface area contributed by atoms with Crippen molar-refractivity contribution in [3.63, 3.8) is 0 Å². The first-order chi connectivity index (χ1) is 9.22. The minimum absolute atomic E-state index is 0.311. The number of hydrogen-bond donors (Lipinski definition) is 1. The Morgan fingerprint density at radius 3 is 2.42 bits per heavy atom. The molecule has 0 aliphatic carbocycles. The van der Waals surface area contributed by atoms with E-state index in [1.807, 2.05) is 0 Å². The second kappa shape index (κ2) is 9.85. The zero-order chi connectivity index (χ0) is 13.9. The second-order valence-corrected chi connectivity index (χ2v) is 5.42. The van der Waals surface area contributed by atoms with Crippen LogP contribution in [0.2, 0.25) is 0 Å². The zero-order valence-electron chi connectivity index (χ0n) is 12.5. The lowest BCUT2D eigenvalue weighted by Gasteiger charge is -2.08. The summed E-state index contributed by atoms with van der Waals surface area (Å²) in [5.74, 6) is 0.993. The molecular formula is C17H29NO. The van der Waals surface area contributed by atoms with E-state index in [9.17, 15) is 0 Å². The fourth-order valence-electron chi connectivity index (χ4n) is 2.10. The Kier molecular flexibility index (Phi) is 8.31. The average Bonchev–Trinajstić information content (AvgIpc) is 2.40. The van der Waals surface area contributed by atoms with Crippen LogP contribution in [0, 0.1) is 0 Å². The summed E-state index contributed by atoms with van der Waals surface area (Å²) in [7, 11) is 0. The van der Waals surface area contributed by atoms with Crippen LogP contribution < -0.4 is 10.5 Å². The Bertz CT molecular complexity index is 319. The van der Waals surface area contributed by atoms with Crippen molar-refractivity contribution < 1.29 is 4.74 Å². The van der Waals surface area contributed by atoms with Crippen molar-refractivity contribution in [1.82, 2.24) is 0 Å². The molecule has 2 N–H and O–H groups in total. The number of hydrogen-bond acceptors (Lipinski definition) is 2. The first-order valence-electron chi connectivity index (χ1n) is 7.69. The molecule has 0 saturated heterocycles. The molecule has 0 fully saturated rings. The van der Waals surface area contributed by atoms with E-state index in [1.165, 1.54) is 24.8 Å². The van der Waals surface area contributed by atoms with E-state index in [-0.39, 0.29) is 0 Å². The van der Waals surface area contributed by atoms with Crippen LogP contribution in [0.5, 0.6) is 5.75 Å². The van der Waals surface area contributed by atoms with E-state index in [0.717, 1.165) is 38.0 Å². The highest BCUT2D eigenvalue weighted by atomic mass is 16.5. The van der Waals surface area contributed by atoms with Gasteiger partial charge in [0.15, 0.2) is 0 Å². The lowest BCUT2D eigenvalue weighted by Crippen LogP contribution is -2.14. The highest BCUT2D eigenvalue weighted by Gasteiger charge is 1.98. The van der Waals surface area contributed by atoms with Gasteiger partial charge in [-0.25, -0.2) is 0 Å². The summed E-state index contributed by atoms with van der Waals surface area (Å²) < 4.78 is 5.73. The molecule has 0 bridgehead atoms. The summed E-state index contributed by atoms with van der Waals surface area (Å²) in [5.41, 5.74) is 7.12. The van der Waals surface area contributed by atoms with Crippen LogP contribution >= 0.6 is 0 Å². The summed E-state index contributed by atoms with van der Waals surface area (Å²) >= 11 is 0. The van der Waals surface area contributed by atoms with Crippen LogP contribution in [0.4, 0.5) is 0 Å². The molecule has 1 rings (SSSR count). The van der Waals surface area contributed by atoms with E-state index < -0.39 is 0 Å². The standard InChI is InChI=1S/C17H29NO/c1-3-4-5-6-14-19-17-12-10-16(11-13-17)9-7-8-15(2)18/h10-13,15H,3-9,14,18H2,1-2H3. The maximum Gasteiger partial charge on any atom is 0.119 e. The predicted octanol–water partition coefficient (Wildman–Crippen LogP) is 4.32. The van der Waals surface area contributed by atoms with Gasteiger partial charge in [0.2, 0.25) is 0 Å². The number of ether oxygens (including phenoxy) is 1. The number of unbranched alkanes of at least 4 members (excludes halogenated alkanes) is 3. The third-order valence-corrected chi connectivity index (χ3v) is 3.31. The smallest absolute Gasteiger partial charge is 0.119 e. The van der Waals surface area contributed by atoms with Crippen LogP contribution in [-0.2, 0) is 6.42 Å². The summed E-state index contributed by atoms with van der Waals surface area (Å²) in [6.45, 7) is 5.13. The lowest BCUT2D eigenvalue weighted by atomic mass is 10.1. The Morgan fingerprint density at radius 1 is 1.05 bits per heavy atom. The van der Waals surface area contributed by atoms with E-state index in [2.05, 4.69) is 38.1 Å². The number of nitrogens with two attached hydrogens (primary N) is 1. The van der Waals surface area contributed by atoms with Gasteiger partial charge in [-0.1, -0.05) is 38.3 Å². The maximum atomic E-state index is 5.75. The van der Waals surface area contributed by atoms with Gasteiger partial charge in [-0.05, 0) is 50.3 Å². The molecule has 0 saturated carbocycles. The first-order valence-corrected chi connectivity index (χ1v) is 7.69. The molecule has 2 nitrogen and oxygen atoms in total. The molecule has 1 aromatic rings. The number of rotatable bonds is 10. The van der Waals surface area contributed by atoms with Crippen molar-refractivity contribution in [2.75, 3.05) is 6.61 Å². The van der Waals surface area contributed by atoms with Crippen molar-refractivity contribution in [3.05, 3.63) is 29.8 Å². The SMILES string of the molecule is CCCCCCOc1ccc(CCCC(C)N)cc1. The highest BCUT2D eigenvalue weighted by molar-refractivity contribution is 5.27. The monoisotopic (exact) mass is 263 g/mol. The molecule has 0 spiro atoms. The van der Waals surface area contributed by atoms with Crippen LogP contribution in [0.3, 0.4) is 0 Å². The van der Waals surface area contributed by atoms with Crippen molar-refractivity contribution in [3.8, 4) is 5.75 Å². The van der Waals surface area contributed by atoms with Gasteiger partial charge in [-0.3, -0.25) is 0 Å².